The van der Waals surface area contributed by atoms with Gasteiger partial charge in [-0.05, 0) is 25.5 Å². The van der Waals surface area contributed by atoms with Crippen molar-refractivity contribution in [2.45, 2.75) is 13.3 Å². The lowest BCUT2D eigenvalue weighted by Crippen LogP contribution is -2.35. The van der Waals surface area contributed by atoms with Gasteiger partial charge in [0.05, 0.1) is 13.7 Å². The number of carbonyl (C=O) groups is 1. The first-order valence-electron chi connectivity index (χ1n) is 7.91. The van der Waals surface area contributed by atoms with E-state index in [1.807, 2.05) is 6.07 Å². The number of methoxy groups -OCH3 is 1. The third-order valence-electron chi connectivity index (χ3n) is 3.95. The average Bonchev–Trinajstić information content (AvgIpc) is 2.73. The zero-order chi connectivity index (χ0) is 15.8. The van der Waals surface area contributed by atoms with Crippen molar-refractivity contribution in [1.29, 1.82) is 0 Å². The Bertz CT molecular complexity index is 499. The summed E-state index contributed by atoms with van der Waals surface area (Å²) >= 11 is 0. The smallest absolute Gasteiger partial charge is 0.319 e. The van der Waals surface area contributed by atoms with Gasteiger partial charge in [0.25, 0.3) is 0 Å². The molecule has 0 amide bonds. The third kappa shape index (κ3) is 5.62. The lowest BCUT2D eigenvalue weighted by Gasteiger charge is -2.21. The fraction of sp³-hybridized carbons (Fsp3) is 0.500. The van der Waals surface area contributed by atoms with E-state index >= 15 is 0 Å². The van der Waals surface area contributed by atoms with E-state index in [0.29, 0.717) is 6.54 Å². The van der Waals surface area contributed by atoms with Crippen molar-refractivity contribution in [2.24, 2.45) is 0 Å². The minimum absolute atomic E-state index is 0.145. The van der Waals surface area contributed by atoms with Crippen molar-refractivity contribution >= 4 is 12.0 Å². The Kier molecular flexibility index (Phi) is 6.62. The molecule has 0 spiro atoms. The highest BCUT2D eigenvalue weighted by Crippen LogP contribution is 2.10. The molecule has 0 radical (unpaired) electrons. The Morgan fingerprint density at radius 3 is 2.36 bits per heavy atom. The first-order chi connectivity index (χ1) is 10.7. The predicted octanol–water partition coefficient (Wildman–Crippen LogP) is 2.27. The highest BCUT2D eigenvalue weighted by atomic mass is 16.5. The molecule has 1 heterocycles. The Morgan fingerprint density at radius 1 is 1.09 bits per heavy atom. The Hall–Kier alpha value is -1.65. The Balaban J connectivity index is 1.84. The van der Waals surface area contributed by atoms with Crippen LogP contribution < -0.4 is 0 Å². The minimum atomic E-state index is -0.145. The highest BCUT2D eigenvalue weighted by molar-refractivity contribution is 5.71. The summed E-state index contributed by atoms with van der Waals surface area (Å²) in [7, 11) is 1.45. The molecule has 1 aromatic carbocycles. The van der Waals surface area contributed by atoms with Gasteiger partial charge in [-0.1, -0.05) is 42.0 Å². The summed E-state index contributed by atoms with van der Waals surface area (Å²) in [5.41, 5.74) is 2.62. The van der Waals surface area contributed by atoms with E-state index in [2.05, 4.69) is 47.1 Å². The summed E-state index contributed by atoms with van der Waals surface area (Å²) < 4.78 is 4.75. The second kappa shape index (κ2) is 8.71. The average molecular weight is 302 g/mol. The molecular formula is C18H26N2O2. The molecule has 0 N–H and O–H groups in total. The summed E-state index contributed by atoms with van der Waals surface area (Å²) in [6, 6.07) is 10.4. The van der Waals surface area contributed by atoms with Crippen LogP contribution in [0.2, 0.25) is 0 Å². The molecule has 4 heteroatoms. The van der Waals surface area contributed by atoms with Crippen LogP contribution in [0.5, 0.6) is 0 Å². The number of hydrogen-bond donors (Lipinski definition) is 0. The number of ether oxygens (including phenoxy) is 1. The first-order valence-corrected chi connectivity index (χ1v) is 7.91. The normalized spacial score (nSPS) is 18.0. The van der Waals surface area contributed by atoms with Crippen LogP contribution in [0, 0.1) is 0 Å². The molecule has 22 heavy (non-hydrogen) atoms. The number of carbonyl (C=O) groups excluding carboxylic acids is 1. The molecule has 4 nitrogen and oxygen atoms in total. The molecule has 1 aliphatic heterocycles. The molecular weight excluding hydrogens is 276 g/mol. The van der Waals surface area contributed by atoms with Crippen molar-refractivity contribution in [3.63, 3.8) is 0 Å². The number of rotatable bonds is 5. The van der Waals surface area contributed by atoms with Crippen LogP contribution in [-0.2, 0) is 9.53 Å². The van der Waals surface area contributed by atoms with Gasteiger partial charge in [-0.25, -0.2) is 0 Å². The number of esters is 1. The summed E-state index contributed by atoms with van der Waals surface area (Å²) in [5.74, 6) is -0.145. The molecule has 120 valence electrons. The molecule has 1 aliphatic rings. The van der Waals surface area contributed by atoms with E-state index in [9.17, 15) is 4.79 Å². The van der Waals surface area contributed by atoms with Crippen LogP contribution in [0.25, 0.3) is 6.08 Å². The molecule has 1 saturated heterocycles. The Morgan fingerprint density at radius 2 is 1.73 bits per heavy atom. The summed E-state index contributed by atoms with van der Waals surface area (Å²) in [4.78, 5) is 16.0. The van der Waals surface area contributed by atoms with Gasteiger partial charge in [0.15, 0.2) is 0 Å². The SMILES string of the molecule is COC(=O)CN1CCCN(CC(C)=Cc2ccccc2)CC1. The zero-order valence-electron chi connectivity index (χ0n) is 13.6. The standard InChI is InChI=1S/C18H26N2O2/c1-16(13-17-7-4-3-5-8-17)14-19-9-6-10-20(12-11-19)15-18(21)22-2/h3-5,7-8,13H,6,9-12,14-15H2,1-2H3. The van der Waals surface area contributed by atoms with Gasteiger partial charge in [-0.15, -0.1) is 0 Å². The molecule has 1 fully saturated rings. The van der Waals surface area contributed by atoms with E-state index in [4.69, 9.17) is 4.74 Å². The van der Waals surface area contributed by atoms with Gasteiger partial charge in [0, 0.05) is 26.2 Å². The molecule has 0 aliphatic carbocycles. The van der Waals surface area contributed by atoms with E-state index in [1.54, 1.807) is 0 Å². The summed E-state index contributed by atoms with van der Waals surface area (Å²) in [6.45, 7) is 7.55. The second-order valence-corrected chi connectivity index (χ2v) is 5.88. The highest BCUT2D eigenvalue weighted by Gasteiger charge is 2.17. The maximum atomic E-state index is 11.4. The monoisotopic (exact) mass is 302 g/mol. The van der Waals surface area contributed by atoms with Crippen molar-refractivity contribution in [3.8, 4) is 0 Å². The summed E-state index contributed by atoms with van der Waals surface area (Å²) in [6.07, 6.45) is 3.34. The topological polar surface area (TPSA) is 32.8 Å². The number of benzene rings is 1. The number of hydrogen-bond acceptors (Lipinski definition) is 4. The van der Waals surface area contributed by atoms with Gasteiger partial charge in [-0.3, -0.25) is 14.6 Å². The molecule has 2 rings (SSSR count). The lowest BCUT2D eigenvalue weighted by atomic mass is 10.1. The van der Waals surface area contributed by atoms with Crippen LogP contribution in [0.4, 0.5) is 0 Å². The van der Waals surface area contributed by atoms with Crippen molar-refractivity contribution in [1.82, 2.24) is 9.80 Å². The fourth-order valence-corrected chi connectivity index (χ4v) is 2.82. The van der Waals surface area contributed by atoms with Crippen molar-refractivity contribution < 1.29 is 9.53 Å². The van der Waals surface area contributed by atoms with E-state index < -0.39 is 0 Å². The van der Waals surface area contributed by atoms with E-state index in [1.165, 1.54) is 18.2 Å². The zero-order valence-corrected chi connectivity index (χ0v) is 13.6. The minimum Gasteiger partial charge on any atom is -0.468 e. The van der Waals surface area contributed by atoms with Crippen molar-refractivity contribution in [2.75, 3.05) is 46.4 Å². The number of nitrogens with zero attached hydrogens (tertiary/aromatic N) is 2. The largest absolute Gasteiger partial charge is 0.468 e. The maximum Gasteiger partial charge on any atom is 0.319 e. The third-order valence-corrected chi connectivity index (χ3v) is 3.95. The van der Waals surface area contributed by atoms with Gasteiger partial charge >= 0.3 is 5.97 Å². The second-order valence-electron chi connectivity index (χ2n) is 5.88. The molecule has 0 saturated carbocycles. The van der Waals surface area contributed by atoms with Crippen LogP contribution in [0.15, 0.2) is 35.9 Å². The molecule has 1 aromatic rings. The van der Waals surface area contributed by atoms with E-state index in [-0.39, 0.29) is 5.97 Å². The van der Waals surface area contributed by atoms with Gasteiger partial charge in [0.2, 0.25) is 0 Å². The van der Waals surface area contributed by atoms with Gasteiger partial charge < -0.3 is 4.74 Å². The molecule has 0 bridgehead atoms. The van der Waals surface area contributed by atoms with E-state index in [0.717, 1.165) is 39.1 Å². The van der Waals surface area contributed by atoms with Crippen LogP contribution in [-0.4, -0.2) is 62.1 Å². The van der Waals surface area contributed by atoms with Crippen molar-refractivity contribution in [3.05, 3.63) is 41.5 Å². The molecule has 0 unspecified atom stereocenters. The van der Waals surface area contributed by atoms with Gasteiger partial charge in [0.1, 0.15) is 0 Å². The quantitative estimate of drug-likeness (QED) is 0.781. The molecule has 0 aromatic heterocycles. The van der Waals surface area contributed by atoms with Crippen LogP contribution in [0.1, 0.15) is 18.9 Å². The van der Waals surface area contributed by atoms with Gasteiger partial charge in [-0.2, -0.15) is 0 Å². The maximum absolute atomic E-state index is 11.4. The van der Waals surface area contributed by atoms with Crippen LogP contribution >= 0.6 is 0 Å². The first kappa shape index (κ1) is 16.7. The Labute approximate surface area is 133 Å². The predicted molar refractivity (Wildman–Crippen MR) is 89.6 cm³/mol. The fourth-order valence-electron chi connectivity index (χ4n) is 2.82. The molecule has 0 atom stereocenters. The lowest BCUT2D eigenvalue weighted by molar-refractivity contribution is -0.141. The summed E-state index contributed by atoms with van der Waals surface area (Å²) in [5, 5.41) is 0. The van der Waals surface area contributed by atoms with Crippen LogP contribution in [0.3, 0.4) is 0 Å².